The van der Waals surface area contributed by atoms with E-state index in [0.29, 0.717) is 0 Å². The van der Waals surface area contributed by atoms with E-state index in [-0.39, 0.29) is 5.91 Å². The summed E-state index contributed by atoms with van der Waals surface area (Å²) in [4.78, 5) is 11.5. The van der Waals surface area contributed by atoms with Crippen LogP contribution in [0, 0.1) is 0 Å². The van der Waals surface area contributed by atoms with Crippen LogP contribution >= 0.6 is 43.2 Å². The fraction of sp³-hybridized carbons (Fsp3) is 0.812. The Morgan fingerprint density at radius 2 is 1.64 bits per heavy atom. The Labute approximate surface area is 150 Å². The zero-order chi connectivity index (χ0) is 15.6. The van der Waals surface area contributed by atoms with Crippen molar-refractivity contribution in [3.05, 3.63) is 11.6 Å². The summed E-state index contributed by atoms with van der Waals surface area (Å²) in [5, 5.41) is 1.66. The number of allylic oxidation sites excluding steroid dienone is 1. The average molecular weight is 378 g/mol. The van der Waals surface area contributed by atoms with Crippen molar-refractivity contribution in [2.45, 2.75) is 68.3 Å². The molecule has 0 aromatic carbocycles. The molecule has 2 nitrogen and oxygen atoms in total. The fourth-order valence-electron chi connectivity index (χ4n) is 2.77. The summed E-state index contributed by atoms with van der Waals surface area (Å²) in [7, 11) is 8.07. The van der Waals surface area contributed by atoms with E-state index in [1.165, 1.54) is 50.0 Å². The zero-order valence-electron chi connectivity index (χ0n) is 13.1. The molecule has 0 spiro atoms. The summed E-state index contributed by atoms with van der Waals surface area (Å²) >= 11 is 0. The molecule has 1 amide bonds. The van der Waals surface area contributed by atoms with E-state index in [1.807, 2.05) is 32.4 Å². The molecule has 0 radical (unpaired) electrons. The van der Waals surface area contributed by atoms with Crippen LogP contribution in [0.15, 0.2) is 11.6 Å². The van der Waals surface area contributed by atoms with Gasteiger partial charge in [0.2, 0.25) is 5.91 Å². The molecule has 0 aromatic rings. The van der Waals surface area contributed by atoms with Crippen LogP contribution in [-0.2, 0) is 4.79 Å². The van der Waals surface area contributed by atoms with Gasteiger partial charge in [-0.25, -0.2) is 0 Å². The van der Waals surface area contributed by atoms with E-state index in [4.69, 9.17) is 5.73 Å². The first-order chi connectivity index (χ1) is 10.8. The number of hydrogen-bond donors (Lipinski definition) is 1. The molecule has 2 unspecified atom stereocenters. The maximum atomic E-state index is 11.5. The number of primary amides is 1. The lowest BCUT2D eigenvalue weighted by atomic mass is 10.0. The Kier molecular flexibility index (Phi) is 9.66. The second-order valence-electron chi connectivity index (χ2n) is 5.93. The summed E-state index contributed by atoms with van der Waals surface area (Å²) in [6.45, 7) is 0. The van der Waals surface area contributed by atoms with Gasteiger partial charge >= 0.3 is 0 Å². The third kappa shape index (κ3) is 7.45. The molecule has 2 atom stereocenters. The van der Waals surface area contributed by atoms with Crippen LogP contribution in [0.2, 0.25) is 0 Å². The van der Waals surface area contributed by atoms with Gasteiger partial charge in [0.05, 0.1) is 0 Å². The number of amides is 1. The molecule has 0 saturated carbocycles. The highest BCUT2D eigenvalue weighted by atomic mass is 33.1. The molecule has 2 saturated heterocycles. The molecule has 2 aliphatic rings. The van der Waals surface area contributed by atoms with Crippen LogP contribution in [0.5, 0.6) is 0 Å². The smallest absolute Gasteiger partial charge is 0.244 e. The normalized spacial score (nSPS) is 25.7. The second-order valence-corrected chi connectivity index (χ2v) is 11.5. The summed E-state index contributed by atoms with van der Waals surface area (Å²) in [6.07, 6.45) is 12.8. The topological polar surface area (TPSA) is 43.1 Å². The Hall–Kier alpha value is 0.610. The van der Waals surface area contributed by atoms with E-state index in [0.717, 1.165) is 35.3 Å². The summed E-state index contributed by atoms with van der Waals surface area (Å²) in [6, 6.07) is 0. The molecule has 2 rings (SSSR count). The minimum Gasteiger partial charge on any atom is -0.366 e. The van der Waals surface area contributed by atoms with Gasteiger partial charge in [0.25, 0.3) is 0 Å². The van der Waals surface area contributed by atoms with Crippen LogP contribution in [0.25, 0.3) is 0 Å². The maximum absolute atomic E-state index is 11.5. The molecular formula is C16H27NOS4. The van der Waals surface area contributed by atoms with E-state index < -0.39 is 0 Å². The van der Waals surface area contributed by atoms with Crippen molar-refractivity contribution in [1.29, 1.82) is 0 Å². The van der Waals surface area contributed by atoms with Crippen LogP contribution in [0.4, 0.5) is 0 Å². The number of carbonyl (C=O) groups is 1. The SMILES string of the molecule is NC(=O)/C(=C\CCCCC1CCSS1)CCCC1CCSS1. The summed E-state index contributed by atoms with van der Waals surface area (Å²) < 4.78 is 0. The molecule has 6 heteroatoms. The van der Waals surface area contributed by atoms with Gasteiger partial charge in [-0.1, -0.05) is 55.7 Å². The second kappa shape index (κ2) is 11.2. The molecule has 0 bridgehead atoms. The van der Waals surface area contributed by atoms with Gasteiger partial charge in [-0.2, -0.15) is 0 Å². The van der Waals surface area contributed by atoms with Gasteiger partial charge in [0, 0.05) is 27.6 Å². The quantitative estimate of drug-likeness (QED) is 0.312. The Balaban J connectivity index is 1.58. The van der Waals surface area contributed by atoms with Gasteiger partial charge < -0.3 is 5.73 Å². The predicted octanol–water partition coefficient (Wildman–Crippen LogP) is 5.44. The molecule has 2 aliphatic heterocycles. The van der Waals surface area contributed by atoms with Crippen LogP contribution in [-0.4, -0.2) is 27.9 Å². The van der Waals surface area contributed by atoms with Gasteiger partial charge in [-0.15, -0.1) is 0 Å². The molecule has 2 heterocycles. The molecule has 126 valence electrons. The van der Waals surface area contributed by atoms with Crippen LogP contribution in [0.3, 0.4) is 0 Å². The standard InChI is InChI=1S/C16H27NOS4/c17-16(18)13(6-4-8-15-10-12-20-22-15)5-2-1-3-7-14-9-11-19-21-14/h5,14-15H,1-4,6-12H2,(H2,17,18)/b13-5-. The molecule has 2 fully saturated rings. The first-order valence-electron chi connectivity index (χ1n) is 8.31. The molecule has 2 N–H and O–H groups in total. The lowest BCUT2D eigenvalue weighted by molar-refractivity contribution is -0.114. The molecule has 0 aromatic heterocycles. The maximum Gasteiger partial charge on any atom is 0.244 e. The highest BCUT2D eigenvalue weighted by Crippen LogP contribution is 2.40. The minimum absolute atomic E-state index is 0.212. The molecule has 0 aliphatic carbocycles. The number of hydrogen-bond acceptors (Lipinski definition) is 5. The first-order valence-corrected chi connectivity index (χ1v) is 13.1. The summed E-state index contributed by atoms with van der Waals surface area (Å²) in [5.41, 5.74) is 6.39. The van der Waals surface area contributed by atoms with Crippen molar-refractivity contribution in [2.24, 2.45) is 5.73 Å². The average Bonchev–Trinajstić information content (AvgIpc) is 3.18. The number of rotatable bonds is 10. The highest BCUT2D eigenvalue weighted by Gasteiger charge is 2.17. The lowest BCUT2D eigenvalue weighted by Crippen LogP contribution is -2.14. The first kappa shape index (κ1) is 18.9. The van der Waals surface area contributed by atoms with E-state index in [9.17, 15) is 4.79 Å². The molecule has 22 heavy (non-hydrogen) atoms. The van der Waals surface area contributed by atoms with Crippen molar-refractivity contribution in [1.82, 2.24) is 0 Å². The number of carbonyl (C=O) groups excluding carboxylic acids is 1. The Morgan fingerprint density at radius 3 is 2.18 bits per heavy atom. The highest BCUT2D eigenvalue weighted by molar-refractivity contribution is 8.77. The van der Waals surface area contributed by atoms with Crippen molar-refractivity contribution in [2.75, 3.05) is 11.5 Å². The zero-order valence-corrected chi connectivity index (χ0v) is 16.4. The van der Waals surface area contributed by atoms with Crippen molar-refractivity contribution in [3.63, 3.8) is 0 Å². The Bertz CT molecular complexity index is 363. The molecular weight excluding hydrogens is 350 g/mol. The van der Waals surface area contributed by atoms with Crippen molar-refractivity contribution < 1.29 is 4.79 Å². The summed E-state index contributed by atoms with van der Waals surface area (Å²) in [5.74, 6) is 2.39. The third-order valence-corrected chi connectivity index (χ3v) is 10.1. The van der Waals surface area contributed by atoms with E-state index in [2.05, 4.69) is 16.9 Å². The van der Waals surface area contributed by atoms with Crippen molar-refractivity contribution in [3.8, 4) is 0 Å². The number of unbranched alkanes of at least 4 members (excludes halogenated alkanes) is 2. The van der Waals surface area contributed by atoms with Crippen LogP contribution < -0.4 is 5.73 Å². The van der Waals surface area contributed by atoms with Gasteiger partial charge in [0.1, 0.15) is 0 Å². The van der Waals surface area contributed by atoms with E-state index in [1.54, 1.807) is 0 Å². The van der Waals surface area contributed by atoms with Crippen LogP contribution in [0.1, 0.15) is 57.8 Å². The van der Waals surface area contributed by atoms with Gasteiger partial charge in [0.15, 0.2) is 0 Å². The lowest BCUT2D eigenvalue weighted by Gasteiger charge is -2.08. The van der Waals surface area contributed by atoms with Gasteiger partial charge in [-0.05, 0) is 51.4 Å². The largest absolute Gasteiger partial charge is 0.366 e. The fourth-order valence-corrected chi connectivity index (χ4v) is 8.82. The Morgan fingerprint density at radius 1 is 1.00 bits per heavy atom. The van der Waals surface area contributed by atoms with E-state index >= 15 is 0 Å². The minimum atomic E-state index is -0.212. The third-order valence-electron chi connectivity index (χ3n) is 4.11. The van der Waals surface area contributed by atoms with Crippen molar-refractivity contribution >= 4 is 49.1 Å². The number of nitrogens with two attached hydrogens (primary N) is 1. The predicted molar refractivity (Wildman–Crippen MR) is 107 cm³/mol. The monoisotopic (exact) mass is 377 g/mol. The van der Waals surface area contributed by atoms with Gasteiger partial charge in [-0.3, -0.25) is 4.79 Å².